The van der Waals surface area contributed by atoms with Gasteiger partial charge >= 0.3 is 0 Å². The number of hydrogen-bond donors (Lipinski definition) is 2. The standard InChI is InChI=1S/C16H29N3O2S.HI/c1-2-17-16(18-13-8-9-22(20,21)11-13)19-15-10-14(15)12-6-4-3-5-7-12;/h12-15H,2-11H2,1H3,(H2,17,18,19);1H. The molecule has 3 aliphatic rings. The monoisotopic (exact) mass is 455 g/mol. The molecule has 2 saturated carbocycles. The highest BCUT2D eigenvalue weighted by Gasteiger charge is 2.43. The minimum Gasteiger partial charge on any atom is -0.353 e. The van der Waals surface area contributed by atoms with Gasteiger partial charge < -0.3 is 10.6 Å². The summed E-state index contributed by atoms with van der Waals surface area (Å²) >= 11 is 0. The third-order valence-corrected chi connectivity index (χ3v) is 7.07. The largest absolute Gasteiger partial charge is 0.353 e. The lowest BCUT2D eigenvalue weighted by Crippen LogP contribution is -2.45. The Kier molecular flexibility index (Phi) is 7.01. The molecule has 3 fully saturated rings. The average molecular weight is 455 g/mol. The Balaban J connectivity index is 0.00000192. The van der Waals surface area contributed by atoms with Crippen LogP contribution in [0, 0.1) is 11.8 Å². The third kappa shape index (κ3) is 5.47. The summed E-state index contributed by atoms with van der Waals surface area (Å²) in [4.78, 5) is 4.49. The molecule has 2 N–H and O–H groups in total. The quantitative estimate of drug-likeness (QED) is 0.388. The first-order chi connectivity index (χ1) is 10.6. The van der Waals surface area contributed by atoms with Crippen LogP contribution in [0.3, 0.4) is 0 Å². The van der Waals surface area contributed by atoms with Gasteiger partial charge in [-0.2, -0.15) is 0 Å². The van der Waals surface area contributed by atoms with E-state index in [1.54, 1.807) is 0 Å². The van der Waals surface area contributed by atoms with E-state index in [2.05, 4.69) is 15.6 Å². The van der Waals surface area contributed by atoms with Crippen molar-refractivity contribution in [2.24, 2.45) is 16.8 Å². The molecule has 0 aromatic rings. The van der Waals surface area contributed by atoms with Crippen molar-refractivity contribution < 1.29 is 8.42 Å². The van der Waals surface area contributed by atoms with Crippen molar-refractivity contribution in [3.05, 3.63) is 0 Å². The van der Waals surface area contributed by atoms with Gasteiger partial charge in [-0.1, -0.05) is 32.1 Å². The second kappa shape index (κ2) is 8.36. The molecule has 23 heavy (non-hydrogen) atoms. The molecule has 1 saturated heterocycles. The van der Waals surface area contributed by atoms with Gasteiger partial charge in [-0.3, -0.25) is 4.99 Å². The molecule has 0 radical (unpaired) electrons. The summed E-state index contributed by atoms with van der Waals surface area (Å²) in [5, 5.41) is 6.86. The molecule has 0 bridgehead atoms. The lowest BCUT2D eigenvalue weighted by atomic mass is 9.85. The molecular formula is C16H30IN3O2S. The Hall–Kier alpha value is -0.0500. The topological polar surface area (TPSA) is 70.6 Å². The van der Waals surface area contributed by atoms with Crippen molar-refractivity contribution in [2.75, 3.05) is 18.1 Å². The van der Waals surface area contributed by atoms with Crippen LogP contribution >= 0.6 is 24.0 Å². The van der Waals surface area contributed by atoms with Crippen molar-refractivity contribution in [3.8, 4) is 0 Å². The van der Waals surface area contributed by atoms with Gasteiger partial charge in [0.1, 0.15) is 0 Å². The first-order valence-corrected chi connectivity index (χ1v) is 10.7. The number of aliphatic imine (C=N–C) groups is 1. The van der Waals surface area contributed by atoms with Gasteiger partial charge in [0.2, 0.25) is 0 Å². The van der Waals surface area contributed by atoms with E-state index in [9.17, 15) is 8.42 Å². The van der Waals surface area contributed by atoms with E-state index in [0.717, 1.165) is 24.3 Å². The van der Waals surface area contributed by atoms with Gasteiger partial charge in [-0.05, 0) is 31.6 Å². The van der Waals surface area contributed by atoms with Crippen LogP contribution in [0.1, 0.15) is 51.9 Å². The van der Waals surface area contributed by atoms with Crippen LogP contribution in [0.4, 0.5) is 0 Å². The summed E-state index contributed by atoms with van der Waals surface area (Å²) in [5.74, 6) is 3.05. The highest BCUT2D eigenvalue weighted by atomic mass is 127. The van der Waals surface area contributed by atoms with E-state index in [0.29, 0.717) is 18.2 Å². The molecule has 0 aromatic heterocycles. The van der Waals surface area contributed by atoms with Crippen molar-refractivity contribution >= 4 is 39.8 Å². The molecule has 5 nitrogen and oxygen atoms in total. The number of guanidine groups is 1. The molecule has 0 amide bonds. The molecule has 134 valence electrons. The Morgan fingerprint density at radius 1 is 1.13 bits per heavy atom. The normalized spacial score (nSPS) is 33.8. The number of hydrogen-bond acceptors (Lipinski definition) is 3. The predicted octanol–water partition coefficient (Wildman–Crippen LogP) is 2.32. The first kappa shape index (κ1) is 19.3. The summed E-state index contributed by atoms with van der Waals surface area (Å²) in [5.41, 5.74) is 0. The first-order valence-electron chi connectivity index (χ1n) is 8.85. The van der Waals surface area contributed by atoms with Gasteiger partial charge in [-0.25, -0.2) is 8.42 Å². The highest BCUT2D eigenvalue weighted by Crippen LogP contribution is 2.44. The Morgan fingerprint density at radius 2 is 1.87 bits per heavy atom. The molecular weight excluding hydrogens is 425 g/mol. The zero-order valence-electron chi connectivity index (χ0n) is 14.0. The molecule has 7 heteroatoms. The SMILES string of the molecule is CCN=C(NC1CCS(=O)(=O)C1)NC1CC1C1CCCCC1.I. The maximum atomic E-state index is 11.6. The second-order valence-electron chi connectivity index (χ2n) is 7.12. The maximum Gasteiger partial charge on any atom is 0.191 e. The van der Waals surface area contributed by atoms with E-state index in [-0.39, 0.29) is 35.8 Å². The molecule has 1 heterocycles. The van der Waals surface area contributed by atoms with E-state index in [1.807, 2.05) is 6.92 Å². The van der Waals surface area contributed by atoms with Crippen molar-refractivity contribution in [2.45, 2.75) is 64.0 Å². The number of nitrogens with one attached hydrogen (secondary N) is 2. The summed E-state index contributed by atoms with van der Waals surface area (Å²) in [6.07, 6.45) is 8.90. The average Bonchev–Trinajstić information content (AvgIpc) is 3.17. The molecule has 0 spiro atoms. The number of halogens is 1. The van der Waals surface area contributed by atoms with Crippen LogP contribution in [0.15, 0.2) is 4.99 Å². The smallest absolute Gasteiger partial charge is 0.191 e. The van der Waals surface area contributed by atoms with Crippen molar-refractivity contribution in [3.63, 3.8) is 0 Å². The number of nitrogens with zero attached hydrogens (tertiary/aromatic N) is 1. The van der Waals surface area contributed by atoms with Crippen LogP contribution in [-0.2, 0) is 9.84 Å². The summed E-state index contributed by atoms with van der Waals surface area (Å²) in [6, 6.07) is 0.564. The van der Waals surface area contributed by atoms with Gasteiger partial charge in [0.05, 0.1) is 11.5 Å². The maximum absolute atomic E-state index is 11.6. The summed E-state index contributed by atoms with van der Waals surface area (Å²) < 4.78 is 23.1. The summed E-state index contributed by atoms with van der Waals surface area (Å²) in [7, 11) is -2.84. The van der Waals surface area contributed by atoms with Gasteiger partial charge in [-0.15, -0.1) is 24.0 Å². The van der Waals surface area contributed by atoms with Crippen LogP contribution in [0.25, 0.3) is 0 Å². The fraction of sp³-hybridized carbons (Fsp3) is 0.938. The summed E-state index contributed by atoms with van der Waals surface area (Å²) in [6.45, 7) is 2.73. The fourth-order valence-corrected chi connectivity index (χ4v) is 5.71. The minimum absolute atomic E-state index is 0. The third-order valence-electron chi connectivity index (χ3n) is 5.31. The minimum atomic E-state index is -2.84. The van der Waals surface area contributed by atoms with Crippen LogP contribution < -0.4 is 10.6 Å². The highest BCUT2D eigenvalue weighted by molar-refractivity contribution is 14.0. The molecule has 3 rings (SSSR count). The van der Waals surface area contributed by atoms with Crippen LogP contribution in [0.5, 0.6) is 0 Å². The van der Waals surface area contributed by atoms with Gasteiger partial charge in [0.15, 0.2) is 15.8 Å². The van der Waals surface area contributed by atoms with Crippen LogP contribution in [-0.4, -0.2) is 44.5 Å². The van der Waals surface area contributed by atoms with E-state index < -0.39 is 9.84 Å². The Morgan fingerprint density at radius 3 is 2.48 bits per heavy atom. The zero-order chi connectivity index (χ0) is 15.6. The van der Waals surface area contributed by atoms with Crippen molar-refractivity contribution in [1.82, 2.24) is 10.6 Å². The molecule has 1 aliphatic heterocycles. The number of rotatable bonds is 4. The van der Waals surface area contributed by atoms with Gasteiger partial charge in [0, 0.05) is 18.6 Å². The lowest BCUT2D eigenvalue weighted by molar-refractivity contribution is 0.315. The Bertz CT molecular complexity index is 517. The predicted molar refractivity (Wildman–Crippen MR) is 105 cm³/mol. The number of sulfone groups is 1. The lowest BCUT2D eigenvalue weighted by Gasteiger charge is -2.22. The van der Waals surface area contributed by atoms with E-state index >= 15 is 0 Å². The Labute approximate surface area is 157 Å². The molecule has 0 aromatic carbocycles. The van der Waals surface area contributed by atoms with E-state index in [4.69, 9.17) is 0 Å². The van der Waals surface area contributed by atoms with E-state index in [1.165, 1.54) is 38.5 Å². The van der Waals surface area contributed by atoms with Crippen molar-refractivity contribution in [1.29, 1.82) is 0 Å². The molecule has 3 atom stereocenters. The van der Waals surface area contributed by atoms with Gasteiger partial charge in [0.25, 0.3) is 0 Å². The van der Waals surface area contributed by atoms with Crippen LogP contribution in [0.2, 0.25) is 0 Å². The fourth-order valence-electron chi connectivity index (χ4n) is 4.03. The zero-order valence-corrected chi connectivity index (χ0v) is 17.1. The second-order valence-corrected chi connectivity index (χ2v) is 9.34. The molecule has 3 unspecified atom stereocenters. The molecule has 2 aliphatic carbocycles.